The number of ether oxygens (including phenoxy) is 5. The summed E-state index contributed by atoms with van der Waals surface area (Å²) in [4.78, 5) is 22.7. The van der Waals surface area contributed by atoms with Gasteiger partial charge in [0.2, 0.25) is 0 Å². The van der Waals surface area contributed by atoms with Crippen LogP contribution in [0.4, 0.5) is 9.18 Å². The zero-order valence-electron chi connectivity index (χ0n) is 20.1. The number of hydrogen-bond donors (Lipinski definition) is 0. The molecular weight excluding hydrogens is 455 g/mol. The van der Waals surface area contributed by atoms with Crippen molar-refractivity contribution in [1.29, 1.82) is 0 Å². The summed E-state index contributed by atoms with van der Waals surface area (Å²) in [6.07, 6.45) is 1.27. The molecule has 2 aromatic carbocycles. The van der Waals surface area contributed by atoms with Crippen molar-refractivity contribution in [3.05, 3.63) is 59.9 Å². The summed E-state index contributed by atoms with van der Waals surface area (Å²) in [7, 11) is 0. The zero-order valence-corrected chi connectivity index (χ0v) is 20.1. The smallest absolute Gasteiger partial charge is 0.493 e. The Hall–Kier alpha value is -3.55. The van der Waals surface area contributed by atoms with E-state index in [1.165, 1.54) is 6.07 Å². The Bertz CT molecular complexity index is 1040. The molecule has 0 bridgehead atoms. The van der Waals surface area contributed by atoms with Crippen molar-refractivity contribution in [3.63, 3.8) is 0 Å². The van der Waals surface area contributed by atoms with Crippen LogP contribution in [0.3, 0.4) is 0 Å². The molecule has 2 aromatic rings. The first-order chi connectivity index (χ1) is 16.9. The Balaban J connectivity index is 1.74. The first-order valence-electron chi connectivity index (χ1n) is 11.7. The van der Waals surface area contributed by atoms with Crippen molar-refractivity contribution in [3.8, 4) is 22.6 Å². The van der Waals surface area contributed by atoms with Gasteiger partial charge in [-0.05, 0) is 67.1 Å². The Morgan fingerprint density at radius 1 is 1.06 bits per heavy atom. The third kappa shape index (κ3) is 7.73. The van der Waals surface area contributed by atoms with Crippen LogP contribution in [0.1, 0.15) is 32.3 Å². The molecule has 3 rings (SSSR count). The van der Waals surface area contributed by atoms with Crippen LogP contribution < -0.4 is 9.47 Å². The maximum Gasteiger partial charge on any atom is 0.508 e. The van der Waals surface area contributed by atoms with E-state index in [0.29, 0.717) is 42.9 Å². The topological polar surface area (TPSA) is 80.3 Å². The van der Waals surface area contributed by atoms with Crippen molar-refractivity contribution in [2.45, 2.75) is 33.1 Å². The van der Waals surface area contributed by atoms with Gasteiger partial charge in [-0.3, -0.25) is 0 Å². The van der Waals surface area contributed by atoms with Gasteiger partial charge in [0.15, 0.2) is 11.6 Å². The maximum atomic E-state index is 14.5. The molecule has 1 aliphatic heterocycles. The predicted molar refractivity (Wildman–Crippen MR) is 128 cm³/mol. The lowest BCUT2D eigenvalue weighted by Gasteiger charge is -2.22. The molecule has 188 valence electrons. The Morgan fingerprint density at radius 3 is 2.40 bits per heavy atom. The summed E-state index contributed by atoms with van der Waals surface area (Å²) >= 11 is 0. The first-order valence-corrected chi connectivity index (χ1v) is 11.7. The van der Waals surface area contributed by atoms with Gasteiger partial charge in [0.1, 0.15) is 19.0 Å². The molecule has 0 aromatic heterocycles. The number of aryl methyl sites for hydroxylation is 1. The summed E-state index contributed by atoms with van der Waals surface area (Å²) in [6.45, 7) is 8.60. The Morgan fingerprint density at radius 2 is 1.74 bits per heavy atom. The number of carbonyl (C=O) groups excluding carboxylic acids is 2. The van der Waals surface area contributed by atoms with Crippen molar-refractivity contribution in [2.75, 3.05) is 33.0 Å². The van der Waals surface area contributed by atoms with Crippen LogP contribution >= 0.6 is 0 Å². The standard InChI is InChI=1S/C27H31FO7/c1-4-11-31-25-10-8-21(14-23(25)28)20-7-9-24(33-15-19-16-34-27(30)35-17-19)22(13-20)6-5-12-32-26(29)18(2)3/h7-10,13-14,19H,2,4-6,11-12,15-17H2,1,3H3. The Kier molecular flexibility index (Phi) is 9.52. The van der Waals surface area contributed by atoms with E-state index in [1.54, 1.807) is 13.0 Å². The molecule has 1 heterocycles. The second kappa shape index (κ2) is 12.8. The second-order valence-corrected chi connectivity index (χ2v) is 8.39. The van der Waals surface area contributed by atoms with Crippen molar-refractivity contribution in [2.24, 2.45) is 5.92 Å². The molecule has 1 aliphatic rings. The number of hydrogen-bond acceptors (Lipinski definition) is 7. The van der Waals surface area contributed by atoms with Gasteiger partial charge in [0.05, 0.1) is 25.7 Å². The second-order valence-electron chi connectivity index (χ2n) is 8.39. The minimum Gasteiger partial charge on any atom is -0.493 e. The predicted octanol–water partition coefficient (Wildman–Crippen LogP) is 5.50. The summed E-state index contributed by atoms with van der Waals surface area (Å²) in [5, 5.41) is 0. The highest BCUT2D eigenvalue weighted by molar-refractivity contribution is 5.86. The zero-order chi connectivity index (χ0) is 25.2. The quantitative estimate of drug-likeness (QED) is 0.223. The molecule has 0 unspecified atom stereocenters. The van der Waals surface area contributed by atoms with Gasteiger partial charge in [-0.15, -0.1) is 0 Å². The lowest BCUT2D eigenvalue weighted by molar-refractivity contribution is -0.139. The van der Waals surface area contributed by atoms with Crippen molar-refractivity contribution in [1.82, 2.24) is 0 Å². The molecule has 0 aliphatic carbocycles. The molecule has 35 heavy (non-hydrogen) atoms. The van der Waals surface area contributed by atoms with Crippen LogP contribution in [0.15, 0.2) is 48.6 Å². The molecule has 1 saturated heterocycles. The fourth-order valence-corrected chi connectivity index (χ4v) is 3.42. The number of rotatable bonds is 12. The minimum absolute atomic E-state index is 0.0819. The highest BCUT2D eigenvalue weighted by Gasteiger charge is 2.22. The van der Waals surface area contributed by atoms with Crippen LogP contribution in [-0.4, -0.2) is 45.2 Å². The van der Waals surface area contributed by atoms with Crippen LogP contribution in [0.2, 0.25) is 0 Å². The number of cyclic esters (lactones) is 2. The number of benzene rings is 2. The van der Waals surface area contributed by atoms with E-state index in [9.17, 15) is 14.0 Å². The molecular formula is C27H31FO7. The van der Waals surface area contributed by atoms with Gasteiger partial charge >= 0.3 is 12.1 Å². The van der Waals surface area contributed by atoms with Gasteiger partial charge in [0.25, 0.3) is 0 Å². The average Bonchev–Trinajstić information content (AvgIpc) is 2.85. The van der Waals surface area contributed by atoms with Crippen molar-refractivity contribution >= 4 is 12.1 Å². The SMILES string of the molecule is C=C(C)C(=O)OCCCc1cc(-c2ccc(OCCC)c(F)c2)ccc1OCC1COC(=O)OC1. The van der Waals surface area contributed by atoms with Gasteiger partial charge in [0, 0.05) is 5.57 Å². The summed E-state index contributed by atoms with van der Waals surface area (Å²) in [6, 6.07) is 10.5. The van der Waals surface area contributed by atoms with E-state index in [2.05, 4.69) is 6.58 Å². The molecule has 1 fully saturated rings. The molecule has 0 amide bonds. The molecule has 0 saturated carbocycles. The molecule has 0 radical (unpaired) electrons. The Labute approximate surface area is 204 Å². The fourth-order valence-electron chi connectivity index (χ4n) is 3.42. The maximum absolute atomic E-state index is 14.5. The first kappa shape index (κ1) is 26.1. The molecule has 0 N–H and O–H groups in total. The van der Waals surface area contributed by atoms with Crippen LogP contribution in [0.5, 0.6) is 11.5 Å². The van der Waals surface area contributed by atoms with E-state index >= 15 is 0 Å². The van der Waals surface area contributed by atoms with Crippen molar-refractivity contribution < 1.29 is 37.7 Å². The average molecular weight is 487 g/mol. The van der Waals surface area contributed by atoms with Gasteiger partial charge in [-0.25, -0.2) is 14.0 Å². The molecule has 0 atom stereocenters. The van der Waals surface area contributed by atoms with Crippen LogP contribution in [-0.2, 0) is 25.4 Å². The molecule has 0 spiro atoms. The highest BCUT2D eigenvalue weighted by Crippen LogP contribution is 2.31. The van der Waals surface area contributed by atoms with E-state index in [1.807, 2.05) is 31.2 Å². The summed E-state index contributed by atoms with van der Waals surface area (Å²) in [5.74, 6) is -0.0495. The number of carbonyl (C=O) groups is 2. The largest absolute Gasteiger partial charge is 0.508 e. The van der Waals surface area contributed by atoms with Crippen LogP contribution in [0.25, 0.3) is 11.1 Å². The lowest BCUT2D eigenvalue weighted by Crippen LogP contribution is -2.31. The fraction of sp³-hybridized carbons (Fsp3) is 0.407. The van der Waals surface area contributed by atoms with Gasteiger partial charge in [-0.1, -0.05) is 25.6 Å². The van der Waals surface area contributed by atoms with E-state index < -0.39 is 17.9 Å². The summed E-state index contributed by atoms with van der Waals surface area (Å²) in [5.41, 5.74) is 2.76. The monoisotopic (exact) mass is 486 g/mol. The number of halogens is 1. The minimum atomic E-state index is -0.672. The molecule has 8 heteroatoms. The summed E-state index contributed by atoms with van der Waals surface area (Å²) < 4.78 is 41.0. The normalized spacial score (nSPS) is 13.5. The lowest BCUT2D eigenvalue weighted by atomic mass is 9.99. The third-order valence-electron chi connectivity index (χ3n) is 5.31. The molecule has 7 nitrogen and oxygen atoms in total. The van der Waals surface area contributed by atoms with E-state index in [4.69, 9.17) is 23.7 Å². The third-order valence-corrected chi connectivity index (χ3v) is 5.31. The van der Waals surface area contributed by atoms with Gasteiger partial charge in [-0.2, -0.15) is 0 Å². The van der Waals surface area contributed by atoms with E-state index in [0.717, 1.165) is 17.5 Å². The van der Waals surface area contributed by atoms with E-state index in [-0.39, 0.29) is 31.5 Å². The van der Waals surface area contributed by atoms with Crippen LogP contribution in [0, 0.1) is 11.7 Å². The van der Waals surface area contributed by atoms with Gasteiger partial charge < -0.3 is 23.7 Å². The highest BCUT2D eigenvalue weighted by atomic mass is 19.1. The number of esters is 1.